The van der Waals surface area contributed by atoms with Crippen molar-refractivity contribution in [2.24, 2.45) is 0 Å². The molecule has 0 aliphatic heterocycles. The fraction of sp³-hybridized carbons (Fsp3) is 0.667. The zero-order chi connectivity index (χ0) is 15.3. The number of likely N-dealkylation sites (N-methyl/N-ethyl adjacent to an activating group) is 1. The van der Waals surface area contributed by atoms with Crippen LogP contribution in [0.25, 0.3) is 0 Å². The van der Waals surface area contributed by atoms with Gasteiger partial charge in [-0.1, -0.05) is 24.3 Å². The molecule has 0 unspecified atom stereocenters. The number of hydrogen-bond acceptors (Lipinski definition) is 3. The second-order valence-electron chi connectivity index (χ2n) is 7.18. The van der Waals surface area contributed by atoms with Gasteiger partial charge in [-0.15, -0.1) is 0 Å². The van der Waals surface area contributed by atoms with Gasteiger partial charge in [0.2, 0.25) is 0 Å². The van der Waals surface area contributed by atoms with Crippen LogP contribution in [-0.2, 0) is 17.9 Å². The summed E-state index contributed by atoms with van der Waals surface area (Å²) in [6.07, 6.45) is 2.72. The van der Waals surface area contributed by atoms with Crippen molar-refractivity contribution in [3.05, 3.63) is 35.4 Å². The van der Waals surface area contributed by atoms with Gasteiger partial charge in [-0.05, 0) is 51.8 Å². The Labute approximate surface area is 129 Å². The van der Waals surface area contributed by atoms with Gasteiger partial charge in [-0.25, -0.2) is 0 Å². The van der Waals surface area contributed by atoms with Gasteiger partial charge < -0.3 is 15.0 Å². The molecule has 3 nitrogen and oxygen atoms in total. The first kappa shape index (κ1) is 16.5. The van der Waals surface area contributed by atoms with E-state index in [1.54, 1.807) is 0 Å². The second-order valence-corrected chi connectivity index (χ2v) is 7.18. The summed E-state index contributed by atoms with van der Waals surface area (Å²) >= 11 is 0. The van der Waals surface area contributed by atoms with Crippen LogP contribution in [0.1, 0.15) is 44.7 Å². The van der Waals surface area contributed by atoms with Crippen LogP contribution < -0.4 is 5.32 Å². The first-order valence-corrected chi connectivity index (χ1v) is 8.05. The Bertz CT molecular complexity index is 418. The van der Waals surface area contributed by atoms with Crippen LogP contribution in [0.3, 0.4) is 0 Å². The summed E-state index contributed by atoms with van der Waals surface area (Å²) in [6.45, 7) is 10.1. The average Bonchev–Trinajstić information content (AvgIpc) is 3.26. The number of nitrogens with one attached hydrogen (secondary N) is 1. The molecule has 0 radical (unpaired) electrons. The van der Waals surface area contributed by atoms with Crippen molar-refractivity contribution >= 4 is 0 Å². The van der Waals surface area contributed by atoms with Crippen molar-refractivity contribution in [1.29, 1.82) is 0 Å². The van der Waals surface area contributed by atoms with Crippen LogP contribution in [0.4, 0.5) is 0 Å². The van der Waals surface area contributed by atoms with E-state index in [1.165, 1.54) is 24.0 Å². The third kappa shape index (κ3) is 6.60. The van der Waals surface area contributed by atoms with Gasteiger partial charge in [0, 0.05) is 24.7 Å². The maximum Gasteiger partial charge on any atom is 0.0717 e. The first-order chi connectivity index (χ1) is 9.94. The smallest absolute Gasteiger partial charge is 0.0717 e. The van der Waals surface area contributed by atoms with Gasteiger partial charge >= 0.3 is 0 Å². The zero-order valence-corrected chi connectivity index (χ0v) is 14.0. The number of hydrogen-bond donors (Lipinski definition) is 1. The predicted octanol–water partition coefficient (Wildman–Crippen LogP) is 3.19. The van der Waals surface area contributed by atoms with Crippen molar-refractivity contribution in [3.8, 4) is 0 Å². The molecule has 1 aromatic carbocycles. The van der Waals surface area contributed by atoms with Crippen molar-refractivity contribution in [1.82, 2.24) is 10.2 Å². The molecule has 1 fully saturated rings. The quantitative estimate of drug-likeness (QED) is 0.744. The van der Waals surface area contributed by atoms with E-state index >= 15 is 0 Å². The Balaban J connectivity index is 1.64. The molecule has 0 amide bonds. The van der Waals surface area contributed by atoms with E-state index in [-0.39, 0.29) is 5.54 Å². The molecular formula is C18H30N2O. The lowest BCUT2D eigenvalue weighted by Gasteiger charge is -2.20. The van der Waals surface area contributed by atoms with Crippen molar-refractivity contribution < 1.29 is 4.74 Å². The Kier molecular flexibility index (Phi) is 5.80. The molecule has 118 valence electrons. The third-order valence-corrected chi connectivity index (χ3v) is 3.87. The zero-order valence-electron chi connectivity index (χ0n) is 14.0. The minimum atomic E-state index is 0.162. The lowest BCUT2D eigenvalue weighted by atomic mass is 10.1. The Morgan fingerprint density at radius 3 is 2.33 bits per heavy atom. The molecule has 1 aliphatic carbocycles. The van der Waals surface area contributed by atoms with E-state index < -0.39 is 0 Å². The topological polar surface area (TPSA) is 24.5 Å². The van der Waals surface area contributed by atoms with Gasteiger partial charge in [-0.3, -0.25) is 0 Å². The summed E-state index contributed by atoms with van der Waals surface area (Å²) in [4.78, 5) is 2.40. The minimum absolute atomic E-state index is 0.162. The highest BCUT2D eigenvalue weighted by Gasteiger charge is 2.25. The molecule has 1 aromatic rings. The summed E-state index contributed by atoms with van der Waals surface area (Å²) < 4.78 is 5.77. The molecule has 0 atom stereocenters. The summed E-state index contributed by atoms with van der Waals surface area (Å²) in [7, 11) is 2.19. The highest BCUT2D eigenvalue weighted by molar-refractivity contribution is 5.22. The highest BCUT2D eigenvalue weighted by Crippen LogP contribution is 2.24. The summed E-state index contributed by atoms with van der Waals surface area (Å²) in [5.41, 5.74) is 2.74. The number of benzene rings is 1. The van der Waals surface area contributed by atoms with E-state index in [0.717, 1.165) is 25.7 Å². The summed E-state index contributed by atoms with van der Waals surface area (Å²) in [5.74, 6) is 0. The lowest BCUT2D eigenvalue weighted by molar-refractivity contribution is 0.0978. The molecule has 1 saturated carbocycles. The van der Waals surface area contributed by atoms with Gasteiger partial charge in [0.1, 0.15) is 0 Å². The van der Waals surface area contributed by atoms with Crippen LogP contribution in [0, 0.1) is 0 Å². The summed E-state index contributed by atoms with van der Waals surface area (Å²) in [5, 5.41) is 3.50. The fourth-order valence-electron chi connectivity index (χ4n) is 2.22. The Morgan fingerprint density at radius 1 is 1.14 bits per heavy atom. The molecule has 0 heterocycles. The van der Waals surface area contributed by atoms with E-state index in [0.29, 0.717) is 6.61 Å². The molecule has 1 aliphatic rings. The number of rotatable bonds is 8. The molecule has 1 N–H and O–H groups in total. The molecule has 0 bridgehead atoms. The van der Waals surface area contributed by atoms with Crippen LogP contribution >= 0.6 is 0 Å². The van der Waals surface area contributed by atoms with Gasteiger partial charge in [0.15, 0.2) is 0 Å². The van der Waals surface area contributed by atoms with Crippen molar-refractivity contribution in [2.75, 3.05) is 20.2 Å². The van der Waals surface area contributed by atoms with Crippen molar-refractivity contribution in [3.63, 3.8) is 0 Å². The second kappa shape index (κ2) is 7.39. The Hall–Kier alpha value is -0.900. The lowest BCUT2D eigenvalue weighted by Crippen LogP contribution is -2.35. The van der Waals surface area contributed by atoms with Crippen LogP contribution in [-0.4, -0.2) is 36.7 Å². The number of ether oxygens (including phenoxy) is 1. The minimum Gasteiger partial charge on any atom is -0.375 e. The van der Waals surface area contributed by atoms with Gasteiger partial charge in [0.05, 0.1) is 13.2 Å². The van der Waals surface area contributed by atoms with Crippen LogP contribution in [0.15, 0.2) is 24.3 Å². The van der Waals surface area contributed by atoms with Crippen molar-refractivity contribution in [2.45, 2.75) is 58.3 Å². The normalized spacial score (nSPS) is 15.7. The molecule has 21 heavy (non-hydrogen) atoms. The van der Waals surface area contributed by atoms with E-state index in [1.807, 2.05) is 0 Å². The van der Waals surface area contributed by atoms with E-state index in [9.17, 15) is 0 Å². The number of nitrogens with zero attached hydrogens (tertiary/aromatic N) is 1. The molecule has 0 saturated heterocycles. The third-order valence-electron chi connectivity index (χ3n) is 3.87. The van der Waals surface area contributed by atoms with Crippen LogP contribution in [0.5, 0.6) is 0 Å². The van der Waals surface area contributed by atoms with E-state index in [4.69, 9.17) is 4.74 Å². The standard InChI is InChI=1S/C18H30N2O/c1-18(2,3)19-13-15-5-7-16(8-6-15)14-21-12-11-20(4)17-9-10-17/h5-8,17,19H,9-14H2,1-4H3. The van der Waals surface area contributed by atoms with Crippen LogP contribution in [0.2, 0.25) is 0 Å². The van der Waals surface area contributed by atoms with Gasteiger partial charge in [0.25, 0.3) is 0 Å². The predicted molar refractivity (Wildman–Crippen MR) is 88.3 cm³/mol. The SMILES string of the molecule is CN(CCOCc1ccc(CNC(C)(C)C)cc1)C1CC1. The first-order valence-electron chi connectivity index (χ1n) is 8.05. The fourth-order valence-corrected chi connectivity index (χ4v) is 2.22. The molecular weight excluding hydrogens is 260 g/mol. The summed E-state index contributed by atoms with van der Waals surface area (Å²) in [6, 6.07) is 9.54. The Morgan fingerprint density at radius 2 is 1.76 bits per heavy atom. The monoisotopic (exact) mass is 290 g/mol. The molecule has 0 aromatic heterocycles. The maximum absolute atomic E-state index is 5.77. The maximum atomic E-state index is 5.77. The largest absolute Gasteiger partial charge is 0.375 e. The molecule has 3 heteroatoms. The van der Waals surface area contributed by atoms with E-state index in [2.05, 4.69) is 62.3 Å². The highest BCUT2D eigenvalue weighted by atomic mass is 16.5. The average molecular weight is 290 g/mol. The molecule has 0 spiro atoms. The molecule has 2 rings (SSSR count). The van der Waals surface area contributed by atoms with Gasteiger partial charge in [-0.2, -0.15) is 0 Å².